The number of aromatic nitrogens is 7. The number of carbonyl (C=O) groups excluding carboxylic acids is 1. The Hall–Kier alpha value is -4.32. The van der Waals surface area contributed by atoms with Gasteiger partial charge in [0, 0.05) is 61.8 Å². The third kappa shape index (κ3) is 4.06. The van der Waals surface area contributed by atoms with Crippen molar-refractivity contribution in [1.82, 2.24) is 40.3 Å². The van der Waals surface area contributed by atoms with Crippen molar-refractivity contribution in [1.29, 1.82) is 0 Å². The van der Waals surface area contributed by atoms with Gasteiger partial charge in [-0.2, -0.15) is 5.10 Å². The Kier molecular flexibility index (Phi) is 6.03. The van der Waals surface area contributed by atoms with E-state index < -0.39 is 0 Å². The zero-order chi connectivity index (χ0) is 26.4. The van der Waals surface area contributed by atoms with Crippen molar-refractivity contribution in [3.63, 3.8) is 0 Å². The van der Waals surface area contributed by atoms with Crippen LogP contribution in [0.25, 0.3) is 22.2 Å². The van der Waals surface area contributed by atoms with Gasteiger partial charge in [0.05, 0.1) is 17.1 Å². The van der Waals surface area contributed by atoms with Crippen molar-refractivity contribution in [3.05, 3.63) is 47.8 Å². The number of amides is 1. The number of fused-ring (bicyclic) bond motifs is 2. The van der Waals surface area contributed by atoms with Crippen molar-refractivity contribution in [2.45, 2.75) is 26.8 Å². The van der Waals surface area contributed by atoms with Crippen LogP contribution in [0.3, 0.4) is 0 Å². The normalized spacial score (nSPS) is 18.3. The van der Waals surface area contributed by atoms with Crippen LogP contribution in [-0.2, 0) is 4.79 Å². The number of hydrogen-bond donors (Lipinski definition) is 2. The molecule has 12 heteroatoms. The lowest BCUT2D eigenvalue weighted by Gasteiger charge is -2.34. The molecule has 12 nitrogen and oxygen atoms in total. The van der Waals surface area contributed by atoms with Crippen LogP contribution in [0.5, 0.6) is 0 Å². The maximum Gasteiger partial charge on any atom is 0.255 e. The van der Waals surface area contributed by atoms with Crippen molar-refractivity contribution < 1.29 is 4.79 Å². The molecule has 0 aliphatic carbocycles. The van der Waals surface area contributed by atoms with Crippen molar-refractivity contribution in [3.8, 4) is 11.3 Å². The molecule has 2 N–H and O–H groups in total. The van der Waals surface area contributed by atoms with Crippen LogP contribution in [-0.4, -0.2) is 86.0 Å². The molecule has 2 aliphatic heterocycles. The van der Waals surface area contributed by atoms with E-state index in [4.69, 9.17) is 0 Å². The third-order valence-electron chi connectivity index (χ3n) is 7.68. The summed E-state index contributed by atoms with van der Waals surface area (Å²) in [6.45, 7) is 11.1. The first-order valence-corrected chi connectivity index (χ1v) is 12.9. The third-order valence-corrected chi connectivity index (χ3v) is 7.68. The molecule has 0 spiro atoms. The second-order valence-electron chi connectivity index (χ2n) is 9.77. The number of carbonyl (C=O) groups is 1. The van der Waals surface area contributed by atoms with Crippen LogP contribution in [0.1, 0.15) is 26.8 Å². The van der Waals surface area contributed by atoms with Crippen LogP contribution in [0.4, 0.5) is 17.5 Å². The Morgan fingerprint density at radius 3 is 2.76 bits per heavy atom. The van der Waals surface area contributed by atoms with E-state index in [1.807, 2.05) is 56.3 Å². The molecule has 196 valence electrons. The largest absolute Gasteiger partial charge is 0.354 e. The summed E-state index contributed by atoms with van der Waals surface area (Å²) in [5, 5.41) is 23.6. The maximum atomic E-state index is 13.4. The number of nitrogens with zero attached hydrogens (tertiary/aromatic N) is 9. The fourth-order valence-electron chi connectivity index (χ4n) is 5.31. The van der Waals surface area contributed by atoms with Gasteiger partial charge in [-0.05, 0) is 61.2 Å². The van der Waals surface area contributed by atoms with Gasteiger partial charge in [-0.25, -0.2) is 9.67 Å². The van der Waals surface area contributed by atoms with Crippen molar-refractivity contribution in [2.75, 3.05) is 54.9 Å². The summed E-state index contributed by atoms with van der Waals surface area (Å²) < 4.78 is 1.66. The number of benzene rings is 1. The standard InChI is InChI=1S/C26H31N11O/c1-5-35-10-12-36(13-11-35)22-14-18(8-9-27-22)24-20-15-19(6-7-21(20)29-30-24)28-25(38)23-16(2)34(4)26-31-32-33-37(26)17(23)3/h6-9,14-15,17H,5,10-13H2,1-4H3,(H,28,38)(H,29,30). The Morgan fingerprint density at radius 2 is 1.97 bits per heavy atom. The first-order valence-electron chi connectivity index (χ1n) is 12.9. The molecule has 1 saturated heterocycles. The van der Waals surface area contributed by atoms with Gasteiger partial charge in [0.25, 0.3) is 5.91 Å². The average Bonchev–Trinajstić information content (AvgIpc) is 3.60. The number of allylic oxidation sites excluding steroid dienone is 1. The fourth-order valence-corrected chi connectivity index (χ4v) is 5.31. The Labute approximate surface area is 220 Å². The molecule has 1 unspecified atom stereocenters. The number of anilines is 3. The minimum Gasteiger partial charge on any atom is -0.354 e. The van der Waals surface area contributed by atoms with E-state index in [-0.39, 0.29) is 11.9 Å². The molecule has 0 radical (unpaired) electrons. The smallest absolute Gasteiger partial charge is 0.255 e. The molecule has 2 aliphatic rings. The van der Waals surface area contributed by atoms with Crippen LogP contribution < -0.4 is 15.1 Å². The summed E-state index contributed by atoms with van der Waals surface area (Å²) in [7, 11) is 1.85. The number of hydrogen-bond acceptors (Lipinski definition) is 9. The number of nitrogens with one attached hydrogen (secondary N) is 2. The summed E-state index contributed by atoms with van der Waals surface area (Å²) in [5.74, 6) is 1.38. The summed E-state index contributed by atoms with van der Waals surface area (Å²) in [6.07, 6.45) is 1.84. The summed E-state index contributed by atoms with van der Waals surface area (Å²) in [5.41, 5.74) is 4.81. The second kappa shape index (κ2) is 9.53. The number of aromatic amines is 1. The number of rotatable bonds is 5. The molecule has 1 atom stereocenters. The minimum absolute atomic E-state index is 0.190. The number of piperazine rings is 1. The van der Waals surface area contributed by atoms with E-state index in [0.717, 1.165) is 66.4 Å². The van der Waals surface area contributed by atoms with Gasteiger partial charge in [-0.3, -0.25) is 9.89 Å². The minimum atomic E-state index is -0.293. The average molecular weight is 514 g/mol. The Morgan fingerprint density at radius 1 is 1.16 bits per heavy atom. The predicted octanol–water partition coefficient (Wildman–Crippen LogP) is 2.68. The number of H-pyrrole nitrogens is 1. The highest BCUT2D eigenvalue weighted by molar-refractivity contribution is 6.07. The lowest BCUT2D eigenvalue weighted by molar-refractivity contribution is -0.113. The highest BCUT2D eigenvalue weighted by Crippen LogP contribution is 2.34. The van der Waals surface area contributed by atoms with Crippen LogP contribution >= 0.6 is 0 Å². The van der Waals surface area contributed by atoms with E-state index in [1.165, 1.54) is 0 Å². The maximum absolute atomic E-state index is 13.4. The molecule has 6 rings (SSSR count). The molecule has 0 saturated carbocycles. The quantitative estimate of drug-likeness (QED) is 0.414. The van der Waals surface area contributed by atoms with Gasteiger partial charge in [0.15, 0.2) is 0 Å². The van der Waals surface area contributed by atoms with Crippen LogP contribution in [0.2, 0.25) is 0 Å². The highest BCUT2D eigenvalue weighted by Gasteiger charge is 2.32. The highest BCUT2D eigenvalue weighted by atomic mass is 16.1. The number of likely N-dealkylation sites (N-methyl/N-ethyl adjacent to an activating group) is 1. The lowest BCUT2D eigenvalue weighted by atomic mass is 10.0. The Bertz CT molecular complexity index is 1530. The van der Waals surface area contributed by atoms with Gasteiger partial charge >= 0.3 is 0 Å². The molecule has 1 fully saturated rings. The summed E-state index contributed by atoms with van der Waals surface area (Å²) in [4.78, 5) is 24.7. The molecule has 5 heterocycles. The fraction of sp³-hybridized carbons (Fsp3) is 0.385. The molecule has 38 heavy (non-hydrogen) atoms. The molecular formula is C26H31N11O. The van der Waals surface area contributed by atoms with Gasteiger partial charge in [0.2, 0.25) is 5.95 Å². The van der Waals surface area contributed by atoms with Gasteiger partial charge in [-0.1, -0.05) is 12.0 Å². The van der Waals surface area contributed by atoms with E-state index in [2.05, 4.69) is 58.8 Å². The van der Waals surface area contributed by atoms with E-state index in [1.54, 1.807) is 4.68 Å². The van der Waals surface area contributed by atoms with Crippen LogP contribution in [0, 0.1) is 0 Å². The summed E-state index contributed by atoms with van der Waals surface area (Å²) in [6, 6.07) is 9.55. The van der Waals surface area contributed by atoms with E-state index in [9.17, 15) is 4.79 Å². The summed E-state index contributed by atoms with van der Waals surface area (Å²) >= 11 is 0. The number of tetrazole rings is 1. The molecule has 1 amide bonds. The lowest BCUT2D eigenvalue weighted by Crippen LogP contribution is -2.46. The second-order valence-corrected chi connectivity index (χ2v) is 9.77. The van der Waals surface area contributed by atoms with Crippen molar-refractivity contribution in [2.24, 2.45) is 0 Å². The predicted molar refractivity (Wildman–Crippen MR) is 146 cm³/mol. The van der Waals surface area contributed by atoms with Crippen LogP contribution in [0.15, 0.2) is 47.8 Å². The zero-order valence-corrected chi connectivity index (χ0v) is 22.0. The molecule has 3 aromatic heterocycles. The number of pyridine rings is 1. The first-order chi connectivity index (χ1) is 18.4. The van der Waals surface area contributed by atoms with Gasteiger partial charge in [0.1, 0.15) is 11.5 Å². The van der Waals surface area contributed by atoms with E-state index in [0.29, 0.717) is 17.2 Å². The Balaban J connectivity index is 1.27. The van der Waals surface area contributed by atoms with E-state index >= 15 is 0 Å². The molecule has 4 aromatic rings. The zero-order valence-electron chi connectivity index (χ0n) is 22.0. The molecule has 1 aromatic carbocycles. The van der Waals surface area contributed by atoms with Gasteiger partial charge in [-0.15, -0.1) is 0 Å². The monoisotopic (exact) mass is 513 g/mol. The topological polar surface area (TPSA) is 124 Å². The SMILES string of the molecule is CCN1CCN(c2cc(-c3n[nH]c4ccc(NC(=O)C5=C(C)N(C)c6nnnn6C5C)cc34)ccn2)CC1. The molecule has 0 bridgehead atoms. The molecular weight excluding hydrogens is 482 g/mol. The van der Waals surface area contributed by atoms with Crippen molar-refractivity contribution >= 4 is 34.3 Å². The first kappa shape index (κ1) is 24.0. The van der Waals surface area contributed by atoms with Gasteiger partial charge < -0.3 is 20.0 Å².